The van der Waals surface area contributed by atoms with Crippen LogP contribution in [0.1, 0.15) is 35.8 Å². The summed E-state index contributed by atoms with van der Waals surface area (Å²) in [7, 11) is 0. The molecule has 0 saturated carbocycles. The van der Waals surface area contributed by atoms with Gasteiger partial charge in [-0.1, -0.05) is 19.9 Å². The molecule has 0 aliphatic carbocycles. The highest BCUT2D eigenvalue weighted by Crippen LogP contribution is 2.27. The van der Waals surface area contributed by atoms with Gasteiger partial charge in [-0.3, -0.25) is 4.40 Å². The Morgan fingerprint density at radius 2 is 2.21 bits per heavy atom. The average Bonchev–Trinajstić information content (AvgIpc) is 2.85. The van der Waals surface area contributed by atoms with Crippen LogP contribution in [0, 0.1) is 0 Å². The van der Waals surface area contributed by atoms with E-state index in [0.717, 1.165) is 11.0 Å². The molecule has 3 rings (SSSR count). The SMILES string of the molecule is CC(C)c1ccc2c(c1)[nH]c1nc(C(=O)O)c(Br)n12. The van der Waals surface area contributed by atoms with Crippen molar-refractivity contribution in [3.05, 3.63) is 34.1 Å². The van der Waals surface area contributed by atoms with Gasteiger partial charge in [0, 0.05) is 0 Å². The standard InChI is InChI=1S/C13H12BrN3O2/c1-6(2)7-3-4-9-8(5-7)15-13-16-10(12(18)19)11(14)17(9)13/h3-6H,1-2H3,(H,15,16)(H,18,19). The minimum atomic E-state index is -1.05. The molecular formula is C13H12BrN3O2. The van der Waals surface area contributed by atoms with Crippen molar-refractivity contribution < 1.29 is 9.90 Å². The molecule has 0 unspecified atom stereocenters. The van der Waals surface area contributed by atoms with Crippen LogP contribution in [0.5, 0.6) is 0 Å². The number of fused-ring (bicyclic) bond motifs is 3. The molecule has 98 valence electrons. The Bertz CT molecular complexity index is 801. The fourth-order valence-corrected chi connectivity index (χ4v) is 2.79. The second-order valence-corrected chi connectivity index (χ2v) is 5.52. The maximum atomic E-state index is 11.0. The Morgan fingerprint density at radius 1 is 1.47 bits per heavy atom. The number of carbonyl (C=O) groups is 1. The zero-order chi connectivity index (χ0) is 13.7. The maximum absolute atomic E-state index is 11.0. The molecule has 6 heteroatoms. The molecule has 0 fully saturated rings. The smallest absolute Gasteiger partial charge is 0.357 e. The van der Waals surface area contributed by atoms with Gasteiger partial charge in [-0.2, -0.15) is 0 Å². The average molecular weight is 322 g/mol. The first-order chi connectivity index (χ1) is 8.99. The van der Waals surface area contributed by atoms with Crippen LogP contribution in [0.3, 0.4) is 0 Å². The third-order valence-corrected chi connectivity index (χ3v) is 3.93. The highest BCUT2D eigenvalue weighted by molar-refractivity contribution is 9.10. The molecule has 0 radical (unpaired) electrons. The summed E-state index contributed by atoms with van der Waals surface area (Å²) in [6.45, 7) is 4.27. The third kappa shape index (κ3) is 1.74. The number of aromatic amines is 1. The molecule has 2 N–H and O–H groups in total. The number of aromatic carboxylic acids is 1. The van der Waals surface area contributed by atoms with E-state index >= 15 is 0 Å². The van der Waals surface area contributed by atoms with Gasteiger partial charge in [-0.05, 0) is 39.5 Å². The van der Waals surface area contributed by atoms with Crippen LogP contribution < -0.4 is 0 Å². The Balaban J connectivity index is 2.33. The van der Waals surface area contributed by atoms with Crippen molar-refractivity contribution in [3.8, 4) is 0 Å². The Hall–Kier alpha value is -1.82. The van der Waals surface area contributed by atoms with Crippen LogP contribution in [0.15, 0.2) is 22.8 Å². The van der Waals surface area contributed by atoms with Gasteiger partial charge in [0.05, 0.1) is 11.0 Å². The molecule has 0 amide bonds. The normalized spacial score (nSPS) is 11.8. The summed E-state index contributed by atoms with van der Waals surface area (Å²) >= 11 is 3.30. The van der Waals surface area contributed by atoms with Crippen molar-refractivity contribution in [2.45, 2.75) is 19.8 Å². The van der Waals surface area contributed by atoms with Crippen molar-refractivity contribution in [2.24, 2.45) is 0 Å². The summed E-state index contributed by atoms with van der Waals surface area (Å²) in [4.78, 5) is 18.3. The molecular weight excluding hydrogens is 310 g/mol. The Kier molecular flexibility index (Phi) is 2.63. The number of benzene rings is 1. The van der Waals surface area contributed by atoms with Gasteiger partial charge in [0.2, 0.25) is 5.78 Å². The van der Waals surface area contributed by atoms with E-state index in [0.29, 0.717) is 16.3 Å². The van der Waals surface area contributed by atoms with E-state index in [1.165, 1.54) is 5.56 Å². The minimum Gasteiger partial charge on any atom is -0.476 e. The summed E-state index contributed by atoms with van der Waals surface area (Å²) in [5.74, 6) is -0.0749. The second kappa shape index (κ2) is 4.09. The molecule has 2 heterocycles. The number of nitrogens with one attached hydrogen (secondary N) is 1. The fourth-order valence-electron chi connectivity index (χ4n) is 2.17. The summed E-state index contributed by atoms with van der Waals surface area (Å²) in [5.41, 5.74) is 3.10. The summed E-state index contributed by atoms with van der Waals surface area (Å²) in [5, 5.41) is 9.05. The summed E-state index contributed by atoms with van der Waals surface area (Å²) < 4.78 is 2.22. The zero-order valence-electron chi connectivity index (χ0n) is 10.4. The van der Waals surface area contributed by atoms with Gasteiger partial charge in [0.1, 0.15) is 4.60 Å². The zero-order valence-corrected chi connectivity index (χ0v) is 12.0. The molecule has 2 aromatic heterocycles. The number of halogens is 1. The number of imidazole rings is 2. The largest absolute Gasteiger partial charge is 0.476 e. The second-order valence-electron chi connectivity index (χ2n) is 4.77. The lowest BCUT2D eigenvalue weighted by Crippen LogP contribution is -1.97. The first-order valence-electron chi connectivity index (χ1n) is 5.92. The van der Waals surface area contributed by atoms with Crippen LogP contribution in [0.25, 0.3) is 16.8 Å². The number of aromatic nitrogens is 3. The van der Waals surface area contributed by atoms with E-state index in [-0.39, 0.29) is 5.69 Å². The van der Waals surface area contributed by atoms with Gasteiger partial charge < -0.3 is 10.1 Å². The van der Waals surface area contributed by atoms with Gasteiger partial charge in [-0.15, -0.1) is 0 Å². The van der Waals surface area contributed by atoms with Crippen molar-refractivity contribution in [3.63, 3.8) is 0 Å². The van der Waals surface area contributed by atoms with E-state index in [9.17, 15) is 4.79 Å². The molecule has 0 atom stereocenters. The molecule has 19 heavy (non-hydrogen) atoms. The lowest BCUT2D eigenvalue weighted by molar-refractivity contribution is 0.0690. The van der Waals surface area contributed by atoms with Crippen LogP contribution in [0.4, 0.5) is 0 Å². The Labute approximate surface area is 117 Å². The van der Waals surface area contributed by atoms with Crippen LogP contribution in [0.2, 0.25) is 0 Å². The third-order valence-electron chi connectivity index (χ3n) is 3.20. The fraction of sp³-hybridized carbons (Fsp3) is 0.231. The highest BCUT2D eigenvalue weighted by atomic mass is 79.9. The van der Waals surface area contributed by atoms with E-state index in [2.05, 4.69) is 45.8 Å². The maximum Gasteiger partial charge on any atom is 0.357 e. The van der Waals surface area contributed by atoms with Gasteiger partial charge in [-0.25, -0.2) is 9.78 Å². The van der Waals surface area contributed by atoms with Crippen LogP contribution in [-0.2, 0) is 0 Å². The van der Waals surface area contributed by atoms with E-state index in [4.69, 9.17) is 5.11 Å². The topological polar surface area (TPSA) is 70.4 Å². The highest BCUT2D eigenvalue weighted by Gasteiger charge is 2.19. The van der Waals surface area contributed by atoms with Gasteiger partial charge in [0.15, 0.2) is 5.69 Å². The number of nitrogens with zero attached hydrogens (tertiary/aromatic N) is 2. The molecule has 5 nitrogen and oxygen atoms in total. The number of H-pyrrole nitrogens is 1. The number of hydrogen-bond acceptors (Lipinski definition) is 2. The lowest BCUT2D eigenvalue weighted by Gasteiger charge is -2.04. The summed E-state index contributed by atoms with van der Waals surface area (Å²) in [6, 6.07) is 6.10. The monoisotopic (exact) mass is 321 g/mol. The van der Waals surface area contributed by atoms with Crippen molar-refractivity contribution in [1.29, 1.82) is 0 Å². The van der Waals surface area contributed by atoms with Gasteiger partial charge in [0.25, 0.3) is 0 Å². The molecule has 0 aliphatic rings. The van der Waals surface area contributed by atoms with E-state index in [1.807, 2.05) is 12.1 Å². The molecule has 1 aromatic carbocycles. The predicted octanol–water partition coefficient (Wildman–Crippen LogP) is 3.40. The molecule has 3 aromatic rings. The number of carboxylic acids is 1. The van der Waals surface area contributed by atoms with Crippen LogP contribution >= 0.6 is 15.9 Å². The Morgan fingerprint density at radius 3 is 2.84 bits per heavy atom. The van der Waals surface area contributed by atoms with Crippen molar-refractivity contribution in [1.82, 2.24) is 14.4 Å². The quantitative estimate of drug-likeness (QED) is 0.760. The lowest BCUT2D eigenvalue weighted by atomic mass is 10.0. The molecule has 0 aliphatic heterocycles. The minimum absolute atomic E-state index is 0.0149. The molecule has 0 bridgehead atoms. The van der Waals surface area contributed by atoms with Crippen molar-refractivity contribution >= 4 is 38.7 Å². The van der Waals surface area contributed by atoms with Gasteiger partial charge >= 0.3 is 5.97 Å². The molecule has 0 spiro atoms. The summed E-state index contributed by atoms with van der Waals surface area (Å²) in [6.07, 6.45) is 0. The van der Waals surface area contributed by atoms with Crippen LogP contribution in [-0.4, -0.2) is 25.4 Å². The number of rotatable bonds is 2. The number of hydrogen-bond donors (Lipinski definition) is 2. The molecule has 0 saturated heterocycles. The van der Waals surface area contributed by atoms with Crippen molar-refractivity contribution in [2.75, 3.05) is 0 Å². The predicted molar refractivity (Wildman–Crippen MR) is 75.8 cm³/mol. The van der Waals surface area contributed by atoms with E-state index in [1.54, 1.807) is 4.40 Å². The number of carboxylic acid groups (broad SMARTS) is 1. The van der Waals surface area contributed by atoms with E-state index < -0.39 is 5.97 Å². The first-order valence-corrected chi connectivity index (χ1v) is 6.71. The first kappa shape index (κ1) is 12.2.